The maximum atomic E-state index is 11.4. The normalized spacial score (nSPS) is 20.0. The molecule has 0 bridgehead atoms. The average molecular weight is 247 g/mol. The zero-order chi connectivity index (χ0) is 11.8. The first kappa shape index (κ1) is 10.5. The average Bonchev–Trinajstić information content (AvgIpc) is 2.95. The molecule has 1 aliphatic heterocycles. The van der Waals surface area contributed by atoms with E-state index in [1.54, 1.807) is 11.3 Å². The van der Waals surface area contributed by atoms with Gasteiger partial charge in [-0.3, -0.25) is 4.79 Å². The molecule has 88 valence electrons. The monoisotopic (exact) mass is 247 g/mol. The number of amides is 1. The lowest BCUT2D eigenvalue weighted by molar-refractivity contribution is -0.119. The third-order valence-electron chi connectivity index (χ3n) is 3.11. The number of anilines is 1. The van der Waals surface area contributed by atoms with Gasteiger partial charge in [0, 0.05) is 6.54 Å². The molecule has 1 aromatic carbocycles. The van der Waals surface area contributed by atoms with Crippen molar-refractivity contribution in [3.8, 4) is 0 Å². The maximum absolute atomic E-state index is 11.4. The molecule has 3 rings (SSSR count). The number of hydrogen-bond donors (Lipinski definition) is 1. The number of nitrogens with two attached hydrogens (primary N) is 1. The number of para-hydroxylation sites is 1. The zero-order valence-corrected chi connectivity index (χ0v) is 10.1. The second kappa shape index (κ2) is 4.00. The Labute approximate surface area is 103 Å². The first-order valence-electron chi connectivity index (χ1n) is 5.67. The van der Waals surface area contributed by atoms with Gasteiger partial charge in [-0.25, -0.2) is 4.98 Å². The van der Waals surface area contributed by atoms with Crippen molar-refractivity contribution in [1.82, 2.24) is 4.98 Å². The third-order valence-corrected chi connectivity index (χ3v) is 4.18. The highest BCUT2D eigenvalue weighted by atomic mass is 32.1. The summed E-state index contributed by atoms with van der Waals surface area (Å²) in [5, 5.41) is 0.910. The lowest BCUT2D eigenvalue weighted by atomic mass is 10.2. The van der Waals surface area contributed by atoms with E-state index in [1.165, 1.54) is 0 Å². The molecular weight excluding hydrogens is 234 g/mol. The summed E-state index contributed by atoms with van der Waals surface area (Å²) in [7, 11) is 0. The van der Waals surface area contributed by atoms with Crippen molar-refractivity contribution in [2.45, 2.75) is 18.9 Å². The van der Waals surface area contributed by atoms with Crippen molar-refractivity contribution < 1.29 is 4.79 Å². The van der Waals surface area contributed by atoms with E-state index in [-0.39, 0.29) is 11.9 Å². The van der Waals surface area contributed by atoms with Crippen LogP contribution in [0.3, 0.4) is 0 Å². The van der Waals surface area contributed by atoms with Crippen molar-refractivity contribution in [2.75, 3.05) is 11.4 Å². The number of rotatable bonds is 2. The Morgan fingerprint density at radius 3 is 3.06 bits per heavy atom. The zero-order valence-electron chi connectivity index (χ0n) is 9.30. The van der Waals surface area contributed by atoms with E-state index in [4.69, 9.17) is 5.73 Å². The molecule has 1 fully saturated rings. The van der Waals surface area contributed by atoms with Gasteiger partial charge < -0.3 is 10.6 Å². The predicted molar refractivity (Wildman–Crippen MR) is 69.2 cm³/mol. The molecule has 5 heteroatoms. The van der Waals surface area contributed by atoms with E-state index in [9.17, 15) is 4.79 Å². The molecule has 1 amide bonds. The van der Waals surface area contributed by atoms with Crippen molar-refractivity contribution in [3.63, 3.8) is 0 Å². The third kappa shape index (κ3) is 1.76. The number of carbonyl (C=O) groups excluding carboxylic acids is 1. The van der Waals surface area contributed by atoms with Crippen LogP contribution >= 0.6 is 11.3 Å². The minimum atomic E-state index is -0.248. The van der Waals surface area contributed by atoms with Crippen molar-refractivity contribution in [2.24, 2.45) is 5.73 Å². The van der Waals surface area contributed by atoms with E-state index in [1.807, 2.05) is 29.2 Å². The van der Waals surface area contributed by atoms with Crippen molar-refractivity contribution in [1.29, 1.82) is 0 Å². The molecule has 1 unspecified atom stereocenters. The number of primary amides is 1. The van der Waals surface area contributed by atoms with Gasteiger partial charge in [0.1, 0.15) is 6.04 Å². The Balaban J connectivity index is 2.00. The maximum Gasteiger partial charge on any atom is 0.240 e. The molecule has 1 saturated heterocycles. The van der Waals surface area contributed by atoms with Gasteiger partial charge in [-0.05, 0) is 25.0 Å². The summed E-state index contributed by atoms with van der Waals surface area (Å²) in [6.07, 6.45) is 1.84. The van der Waals surface area contributed by atoms with Crippen LogP contribution in [0.25, 0.3) is 10.2 Å². The second-order valence-electron chi connectivity index (χ2n) is 4.22. The minimum absolute atomic E-state index is 0.185. The Morgan fingerprint density at radius 1 is 1.47 bits per heavy atom. The van der Waals surface area contributed by atoms with E-state index < -0.39 is 0 Å². The van der Waals surface area contributed by atoms with Crippen LogP contribution in [0, 0.1) is 0 Å². The van der Waals surface area contributed by atoms with Crippen molar-refractivity contribution >= 4 is 32.6 Å². The number of aromatic nitrogens is 1. The summed E-state index contributed by atoms with van der Waals surface area (Å²) in [5.74, 6) is -0.248. The van der Waals surface area contributed by atoms with Crippen LogP contribution in [-0.2, 0) is 4.79 Å². The number of benzene rings is 1. The molecule has 0 radical (unpaired) electrons. The summed E-state index contributed by atoms with van der Waals surface area (Å²) in [4.78, 5) is 18.0. The first-order valence-corrected chi connectivity index (χ1v) is 6.49. The van der Waals surface area contributed by atoms with Gasteiger partial charge in [-0.15, -0.1) is 0 Å². The predicted octanol–water partition coefficient (Wildman–Crippen LogP) is 1.75. The number of thiazole rings is 1. The molecule has 0 saturated carbocycles. The highest BCUT2D eigenvalue weighted by molar-refractivity contribution is 7.22. The van der Waals surface area contributed by atoms with Crippen molar-refractivity contribution in [3.05, 3.63) is 24.3 Å². The highest BCUT2D eigenvalue weighted by Gasteiger charge is 2.30. The van der Waals surface area contributed by atoms with Gasteiger partial charge in [0.15, 0.2) is 5.13 Å². The largest absolute Gasteiger partial charge is 0.368 e. The lowest BCUT2D eigenvalue weighted by Gasteiger charge is -2.20. The van der Waals surface area contributed by atoms with E-state index >= 15 is 0 Å². The summed E-state index contributed by atoms with van der Waals surface area (Å²) in [6.45, 7) is 0.868. The Kier molecular flexibility index (Phi) is 2.48. The number of carbonyl (C=O) groups is 1. The number of fused-ring (bicyclic) bond motifs is 1. The highest BCUT2D eigenvalue weighted by Crippen LogP contribution is 2.32. The SMILES string of the molecule is NC(=O)C1CCCN1c1nc2ccccc2s1. The lowest BCUT2D eigenvalue weighted by Crippen LogP contribution is -2.40. The van der Waals surface area contributed by atoms with Crippen LogP contribution < -0.4 is 10.6 Å². The van der Waals surface area contributed by atoms with Gasteiger partial charge in [0.05, 0.1) is 10.2 Å². The fraction of sp³-hybridized carbons (Fsp3) is 0.333. The first-order chi connectivity index (χ1) is 8.25. The Hall–Kier alpha value is -1.62. The number of nitrogens with zero attached hydrogens (tertiary/aromatic N) is 2. The van der Waals surface area contributed by atoms with Gasteiger partial charge >= 0.3 is 0 Å². The molecule has 4 nitrogen and oxygen atoms in total. The molecule has 1 aliphatic rings. The van der Waals surface area contributed by atoms with Crippen LogP contribution in [0.2, 0.25) is 0 Å². The van der Waals surface area contributed by atoms with E-state index in [0.29, 0.717) is 0 Å². The van der Waals surface area contributed by atoms with Gasteiger partial charge in [-0.1, -0.05) is 23.5 Å². The molecular formula is C12H13N3OS. The van der Waals surface area contributed by atoms with Gasteiger partial charge in [0.2, 0.25) is 5.91 Å². The summed E-state index contributed by atoms with van der Waals surface area (Å²) < 4.78 is 1.15. The van der Waals surface area contributed by atoms with Gasteiger partial charge in [0.25, 0.3) is 0 Å². The molecule has 2 aromatic rings. The summed E-state index contributed by atoms with van der Waals surface area (Å²) in [5.41, 5.74) is 6.40. The smallest absolute Gasteiger partial charge is 0.240 e. The van der Waals surface area contributed by atoms with Crippen LogP contribution in [0.4, 0.5) is 5.13 Å². The minimum Gasteiger partial charge on any atom is -0.368 e. The van der Waals surface area contributed by atoms with Gasteiger partial charge in [-0.2, -0.15) is 0 Å². The molecule has 17 heavy (non-hydrogen) atoms. The molecule has 1 atom stereocenters. The standard InChI is InChI=1S/C12H13N3OS/c13-11(16)9-5-3-7-15(9)12-14-8-4-1-2-6-10(8)17-12/h1-2,4,6,9H,3,5,7H2,(H2,13,16). The molecule has 2 N–H and O–H groups in total. The van der Waals surface area contributed by atoms with Crippen LogP contribution in [0.1, 0.15) is 12.8 Å². The summed E-state index contributed by atoms with van der Waals surface area (Å²) >= 11 is 1.62. The molecule has 0 aliphatic carbocycles. The molecule has 0 spiro atoms. The fourth-order valence-corrected chi connectivity index (χ4v) is 3.32. The number of hydrogen-bond acceptors (Lipinski definition) is 4. The van der Waals surface area contributed by atoms with E-state index in [0.717, 1.165) is 34.7 Å². The second-order valence-corrected chi connectivity index (χ2v) is 5.23. The van der Waals surface area contributed by atoms with Crippen LogP contribution in [-0.4, -0.2) is 23.5 Å². The van der Waals surface area contributed by atoms with E-state index in [2.05, 4.69) is 4.98 Å². The summed E-state index contributed by atoms with van der Waals surface area (Å²) in [6, 6.07) is 7.83. The Morgan fingerprint density at radius 2 is 2.29 bits per heavy atom. The Bertz CT molecular complexity index is 533. The fourth-order valence-electron chi connectivity index (χ4n) is 2.27. The van der Waals surface area contributed by atoms with Crippen LogP contribution in [0.5, 0.6) is 0 Å². The quantitative estimate of drug-likeness (QED) is 0.879. The topological polar surface area (TPSA) is 59.2 Å². The molecule has 1 aromatic heterocycles. The van der Waals surface area contributed by atoms with Crippen LogP contribution in [0.15, 0.2) is 24.3 Å². The molecule has 2 heterocycles.